The van der Waals surface area contributed by atoms with Crippen LogP contribution in [0.1, 0.15) is 51.4 Å². The van der Waals surface area contributed by atoms with Gasteiger partial charge in [0, 0.05) is 31.5 Å². The van der Waals surface area contributed by atoms with E-state index in [0.29, 0.717) is 24.5 Å². The van der Waals surface area contributed by atoms with Crippen LogP contribution < -0.4 is 0 Å². The maximum atomic E-state index is 11.2. The van der Waals surface area contributed by atoms with E-state index in [-0.39, 0.29) is 0 Å². The summed E-state index contributed by atoms with van der Waals surface area (Å²) in [4.78, 5) is 13.8. The second-order valence-electron chi connectivity index (χ2n) is 5.17. The fourth-order valence-electron chi connectivity index (χ4n) is 3.22. The second-order valence-corrected chi connectivity index (χ2v) is 5.17. The van der Waals surface area contributed by atoms with Gasteiger partial charge in [-0.1, -0.05) is 6.42 Å². The lowest BCUT2D eigenvalue weighted by Gasteiger charge is -2.42. The van der Waals surface area contributed by atoms with Crippen LogP contribution in [0.4, 0.5) is 0 Å². The average molecular weight is 225 g/mol. The maximum absolute atomic E-state index is 11.2. The van der Waals surface area contributed by atoms with Gasteiger partial charge in [-0.05, 0) is 38.6 Å². The number of Topliss-reactive ketones (excluding diaryl/α,β-unsaturated/α-hetero) is 1. The summed E-state index contributed by atoms with van der Waals surface area (Å²) in [5, 5.41) is 9.10. The molecular weight excluding hydrogens is 202 g/mol. The van der Waals surface area contributed by atoms with Gasteiger partial charge >= 0.3 is 0 Å². The van der Waals surface area contributed by atoms with Gasteiger partial charge in [0.15, 0.2) is 0 Å². The highest BCUT2D eigenvalue weighted by atomic mass is 16.3. The monoisotopic (exact) mass is 225 g/mol. The number of carbonyl (C=O) groups is 1. The van der Waals surface area contributed by atoms with E-state index >= 15 is 0 Å². The van der Waals surface area contributed by atoms with Crippen LogP contribution in [-0.2, 0) is 4.79 Å². The zero-order valence-corrected chi connectivity index (χ0v) is 10.0. The van der Waals surface area contributed by atoms with Crippen molar-refractivity contribution in [3.63, 3.8) is 0 Å². The summed E-state index contributed by atoms with van der Waals surface area (Å²) in [6.07, 6.45) is 8.34. The number of aliphatic hydroxyl groups excluding tert-OH is 1. The molecule has 0 aromatic carbocycles. The zero-order chi connectivity index (χ0) is 11.4. The van der Waals surface area contributed by atoms with Crippen LogP contribution in [0.5, 0.6) is 0 Å². The molecule has 16 heavy (non-hydrogen) atoms. The normalized spacial score (nSPS) is 29.6. The molecule has 1 N–H and O–H groups in total. The molecular formula is C13H23NO2. The highest BCUT2D eigenvalue weighted by Gasteiger charge is 2.30. The van der Waals surface area contributed by atoms with Gasteiger partial charge in [0.05, 0.1) is 0 Å². The lowest BCUT2D eigenvalue weighted by molar-refractivity contribution is -0.121. The fraction of sp³-hybridized carbons (Fsp3) is 0.923. The Labute approximate surface area is 97.8 Å². The minimum atomic E-state index is 0.298. The molecule has 2 fully saturated rings. The first kappa shape index (κ1) is 12.1. The third-order valence-corrected chi connectivity index (χ3v) is 4.12. The summed E-state index contributed by atoms with van der Waals surface area (Å²) >= 11 is 0. The molecule has 0 radical (unpaired) electrons. The summed E-state index contributed by atoms with van der Waals surface area (Å²) in [6, 6.07) is 1.17. The van der Waals surface area contributed by atoms with E-state index in [0.717, 1.165) is 32.1 Å². The van der Waals surface area contributed by atoms with Crippen LogP contribution in [0.2, 0.25) is 0 Å². The third-order valence-electron chi connectivity index (χ3n) is 4.12. The van der Waals surface area contributed by atoms with Gasteiger partial charge < -0.3 is 5.11 Å². The molecule has 1 unspecified atom stereocenters. The molecule has 1 aliphatic heterocycles. The topological polar surface area (TPSA) is 40.5 Å². The van der Waals surface area contributed by atoms with Crippen LogP contribution in [0.25, 0.3) is 0 Å². The van der Waals surface area contributed by atoms with Crippen molar-refractivity contribution in [2.75, 3.05) is 13.2 Å². The summed E-state index contributed by atoms with van der Waals surface area (Å²) in [6.45, 7) is 1.47. The minimum absolute atomic E-state index is 0.298. The Morgan fingerprint density at radius 1 is 1.19 bits per heavy atom. The first-order valence-corrected chi connectivity index (χ1v) is 6.69. The summed E-state index contributed by atoms with van der Waals surface area (Å²) < 4.78 is 0. The van der Waals surface area contributed by atoms with Crippen LogP contribution in [0.3, 0.4) is 0 Å². The largest absolute Gasteiger partial charge is 0.396 e. The van der Waals surface area contributed by atoms with Gasteiger partial charge in [0.1, 0.15) is 5.78 Å². The van der Waals surface area contributed by atoms with Crippen molar-refractivity contribution in [1.29, 1.82) is 0 Å². The first-order valence-electron chi connectivity index (χ1n) is 6.69. The molecule has 92 valence electrons. The van der Waals surface area contributed by atoms with Crippen molar-refractivity contribution in [1.82, 2.24) is 4.90 Å². The quantitative estimate of drug-likeness (QED) is 0.795. The second kappa shape index (κ2) is 5.78. The van der Waals surface area contributed by atoms with Crippen molar-refractivity contribution in [3.05, 3.63) is 0 Å². The van der Waals surface area contributed by atoms with Gasteiger partial charge in [0.2, 0.25) is 0 Å². The van der Waals surface area contributed by atoms with E-state index in [2.05, 4.69) is 4.90 Å². The molecule has 0 amide bonds. The SMILES string of the molecule is O=C1CCC(N2CCCCC2CCO)CC1. The first-order chi connectivity index (χ1) is 7.81. The van der Waals surface area contributed by atoms with Gasteiger partial charge in [-0.3, -0.25) is 9.69 Å². The Balaban J connectivity index is 1.91. The third kappa shape index (κ3) is 2.83. The molecule has 3 heteroatoms. The molecule has 0 spiro atoms. The molecule has 0 aromatic heterocycles. The van der Waals surface area contributed by atoms with E-state index < -0.39 is 0 Å². The number of piperidine rings is 1. The minimum Gasteiger partial charge on any atom is -0.396 e. The molecule has 2 aliphatic rings. The van der Waals surface area contributed by atoms with Crippen molar-refractivity contribution in [2.24, 2.45) is 0 Å². The summed E-state index contributed by atoms with van der Waals surface area (Å²) in [5.74, 6) is 0.437. The number of likely N-dealkylation sites (tertiary alicyclic amines) is 1. The molecule has 1 atom stereocenters. The van der Waals surface area contributed by atoms with Gasteiger partial charge in [0.25, 0.3) is 0 Å². The smallest absolute Gasteiger partial charge is 0.133 e. The van der Waals surface area contributed by atoms with Crippen molar-refractivity contribution in [3.8, 4) is 0 Å². The number of rotatable bonds is 3. The Bertz CT molecular complexity index is 230. The van der Waals surface area contributed by atoms with E-state index in [1.807, 2.05) is 0 Å². The Morgan fingerprint density at radius 3 is 2.62 bits per heavy atom. The summed E-state index contributed by atoms with van der Waals surface area (Å²) in [7, 11) is 0. The van der Waals surface area contributed by atoms with Gasteiger partial charge in [-0.2, -0.15) is 0 Å². The molecule has 1 aliphatic carbocycles. The van der Waals surface area contributed by atoms with E-state index in [1.54, 1.807) is 0 Å². The molecule has 1 saturated heterocycles. The van der Waals surface area contributed by atoms with Crippen LogP contribution in [0.15, 0.2) is 0 Å². The van der Waals surface area contributed by atoms with Crippen LogP contribution in [0, 0.1) is 0 Å². The zero-order valence-electron chi connectivity index (χ0n) is 10.0. The average Bonchev–Trinajstić information content (AvgIpc) is 2.32. The highest BCUT2D eigenvalue weighted by Crippen LogP contribution is 2.28. The van der Waals surface area contributed by atoms with Gasteiger partial charge in [-0.15, -0.1) is 0 Å². The van der Waals surface area contributed by atoms with E-state index in [9.17, 15) is 4.79 Å². The van der Waals surface area contributed by atoms with E-state index in [1.165, 1.54) is 25.8 Å². The predicted octanol–water partition coefficient (Wildman–Crippen LogP) is 1.73. The van der Waals surface area contributed by atoms with E-state index in [4.69, 9.17) is 5.11 Å². The highest BCUT2D eigenvalue weighted by molar-refractivity contribution is 5.79. The molecule has 0 bridgehead atoms. The number of hydrogen-bond donors (Lipinski definition) is 1. The number of carbonyl (C=O) groups excluding carboxylic acids is 1. The number of nitrogens with zero attached hydrogens (tertiary/aromatic N) is 1. The number of ketones is 1. The predicted molar refractivity (Wildman–Crippen MR) is 63.3 cm³/mol. The molecule has 1 saturated carbocycles. The van der Waals surface area contributed by atoms with Crippen molar-refractivity contribution < 1.29 is 9.90 Å². The molecule has 2 rings (SSSR count). The van der Waals surface area contributed by atoms with Crippen LogP contribution in [-0.4, -0.2) is 41.0 Å². The number of aliphatic hydroxyl groups is 1. The molecule has 0 aromatic rings. The fourth-order valence-corrected chi connectivity index (χ4v) is 3.22. The standard InChI is InChI=1S/C13H23NO2/c15-10-8-11-3-1-2-9-14(11)12-4-6-13(16)7-5-12/h11-12,15H,1-10H2. The lowest BCUT2D eigenvalue weighted by Crippen LogP contribution is -2.48. The molecule has 3 nitrogen and oxygen atoms in total. The lowest BCUT2D eigenvalue weighted by atomic mass is 9.89. The number of hydrogen-bond acceptors (Lipinski definition) is 3. The maximum Gasteiger partial charge on any atom is 0.133 e. The Hall–Kier alpha value is -0.410. The molecule has 1 heterocycles. The Kier molecular flexibility index (Phi) is 4.36. The summed E-state index contributed by atoms with van der Waals surface area (Å²) in [5.41, 5.74) is 0. The Morgan fingerprint density at radius 2 is 1.94 bits per heavy atom. The van der Waals surface area contributed by atoms with Gasteiger partial charge in [-0.25, -0.2) is 0 Å². The van der Waals surface area contributed by atoms with Crippen molar-refractivity contribution in [2.45, 2.75) is 63.5 Å². The van der Waals surface area contributed by atoms with Crippen LogP contribution >= 0.6 is 0 Å². The van der Waals surface area contributed by atoms with Crippen molar-refractivity contribution >= 4 is 5.78 Å².